The van der Waals surface area contributed by atoms with E-state index in [0.29, 0.717) is 5.76 Å². The molecule has 6 nitrogen and oxygen atoms in total. The van der Waals surface area contributed by atoms with Crippen LogP contribution in [0, 0.1) is 0 Å². The van der Waals surface area contributed by atoms with Crippen molar-refractivity contribution >= 4 is 11.7 Å². The van der Waals surface area contributed by atoms with Crippen LogP contribution < -0.4 is 0 Å². The van der Waals surface area contributed by atoms with E-state index in [2.05, 4.69) is 10.3 Å². The highest BCUT2D eigenvalue weighted by Crippen LogP contribution is 2.29. The maximum Gasteiger partial charge on any atom is 0.337 e. The molecule has 1 aliphatic heterocycles. The Morgan fingerprint density at radius 2 is 2.10 bits per heavy atom. The lowest BCUT2D eigenvalue weighted by molar-refractivity contribution is -0.193. The van der Waals surface area contributed by atoms with E-state index in [1.165, 1.54) is 6.08 Å². The Kier molecular flexibility index (Phi) is 2.78. The van der Waals surface area contributed by atoms with Gasteiger partial charge in [-0.05, 0) is 12.1 Å². The topological polar surface area (TPSA) is 66.2 Å². The van der Waals surface area contributed by atoms with Crippen LogP contribution in [0.5, 0.6) is 0 Å². The number of cyclic esters (lactones) is 1. The minimum absolute atomic E-state index is 0.414. The highest BCUT2D eigenvalue weighted by atomic mass is 16.7. The number of hydrogen-bond acceptors (Lipinski definition) is 5. The second kappa shape index (κ2) is 4.48. The van der Waals surface area contributed by atoms with E-state index in [1.54, 1.807) is 30.9 Å². The molecule has 1 aromatic carbocycles. The summed E-state index contributed by atoms with van der Waals surface area (Å²) in [6.45, 7) is 3.39. The number of ether oxygens (including phenoxy) is 2. The molecule has 2 heterocycles. The van der Waals surface area contributed by atoms with Crippen LogP contribution in [0.15, 0.2) is 42.7 Å². The number of hydrogen-bond donors (Lipinski definition) is 0. The molecule has 0 bridgehead atoms. The molecule has 0 spiro atoms. The highest BCUT2D eigenvalue weighted by Gasteiger charge is 2.30. The first-order valence-corrected chi connectivity index (χ1v) is 6.14. The molecule has 0 N–H and O–H groups in total. The van der Waals surface area contributed by atoms with Crippen molar-refractivity contribution < 1.29 is 14.3 Å². The van der Waals surface area contributed by atoms with Crippen LogP contribution in [-0.2, 0) is 14.3 Å². The maximum absolute atomic E-state index is 11.6. The van der Waals surface area contributed by atoms with Crippen LogP contribution in [0.2, 0.25) is 0 Å². The molecule has 3 rings (SSSR count). The third-order valence-electron chi connectivity index (χ3n) is 2.77. The van der Waals surface area contributed by atoms with Crippen molar-refractivity contribution in [1.82, 2.24) is 15.0 Å². The molecule has 0 unspecified atom stereocenters. The molecule has 102 valence electrons. The molecule has 0 fully saturated rings. The van der Waals surface area contributed by atoms with Crippen LogP contribution in [0.1, 0.15) is 19.4 Å². The minimum Gasteiger partial charge on any atom is -0.452 e. The Morgan fingerprint density at radius 1 is 1.25 bits per heavy atom. The van der Waals surface area contributed by atoms with Gasteiger partial charge in [0, 0.05) is 19.4 Å². The zero-order chi connectivity index (χ0) is 14.2. The molecule has 1 aliphatic rings. The highest BCUT2D eigenvalue weighted by molar-refractivity contribution is 5.91. The molecule has 0 aliphatic carbocycles. The number of benzene rings is 1. The van der Waals surface area contributed by atoms with E-state index in [-0.39, 0.29) is 0 Å². The predicted molar refractivity (Wildman–Crippen MR) is 70.6 cm³/mol. The van der Waals surface area contributed by atoms with Gasteiger partial charge in [0.05, 0.1) is 24.2 Å². The molecule has 6 heteroatoms. The standard InChI is InChI=1S/C14H13N3O3/c1-14(2)19-12(9-13(18)20-14)10-4-3-5-11(8-10)17-7-6-15-16-17/h3-9H,1-2H3. The van der Waals surface area contributed by atoms with Crippen molar-refractivity contribution in [2.45, 2.75) is 19.6 Å². The fourth-order valence-corrected chi connectivity index (χ4v) is 1.98. The first-order valence-electron chi connectivity index (χ1n) is 6.14. The fraction of sp³-hybridized carbons (Fsp3) is 0.214. The van der Waals surface area contributed by atoms with Gasteiger partial charge in [-0.3, -0.25) is 0 Å². The zero-order valence-corrected chi connectivity index (χ0v) is 11.1. The van der Waals surface area contributed by atoms with Gasteiger partial charge in [0.15, 0.2) is 0 Å². The van der Waals surface area contributed by atoms with E-state index >= 15 is 0 Å². The van der Waals surface area contributed by atoms with Crippen molar-refractivity contribution in [3.05, 3.63) is 48.3 Å². The van der Waals surface area contributed by atoms with Crippen molar-refractivity contribution in [1.29, 1.82) is 0 Å². The molecular formula is C14H13N3O3. The van der Waals surface area contributed by atoms with Gasteiger partial charge in [0.2, 0.25) is 5.79 Å². The Balaban J connectivity index is 1.99. The van der Waals surface area contributed by atoms with Gasteiger partial charge in [-0.2, -0.15) is 0 Å². The quantitative estimate of drug-likeness (QED) is 0.781. The van der Waals surface area contributed by atoms with E-state index in [1.807, 2.05) is 24.3 Å². The summed E-state index contributed by atoms with van der Waals surface area (Å²) in [6.07, 6.45) is 4.68. The van der Waals surface area contributed by atoms with Crippen LogP contribution in [0.4, 0.5) is 0 Å². The summed E-state index contributed by atoms with van der Waals surface area (Å²) in [6, 6.07) is 7.49. The molecule has 0 radical (unpaired) electrons. The molecule has 2 aromatic rings. The molecule has 0 amide bonds. The minimum atomic E-state index is -0.968. The average Bonchev–Trinajstić information content (AvgIpc) is 2.90. The molecule has 0 saturated carbocycles. The Bertz CT molecular complexity index is 675. The van der Waals surface area contributed by atoms with Crippen LogP contribution in [0.25, 0.3) is 11.4 Å². The predicted octanol–water partition coefficient (Wildman–Crippen LogP) is 1.92. The fourth-order valence-electron chi connectivity index (χ4n) is 1.98. The van der Waals surface area contributed by atoms with E-state index in [9.17, 15) is 4.79 Å². The van der Waals surface area contributed by atoms with Crippen LogP contribution >= 0.6 is 0 Å². The summed E-state index contributed by atoms with van der Waals surface area (Å²) in [5.74, 6) is -0.902. The average molecular weight is 271 g/mol. The first kappa shape index (κ1) is 12.4. The lowest BCUT2D eigenvalue weighted by Crippen LogP contribution is -2.33. The summed E-state index contributed by atoms with van der Waals surface area (Å²) >= 11 is 0. The largest absolute Gasteiger partial charge is 0.452 e. The molecule has 1 aromatic heterocycles. The lowest BCUT2D eigenvalue weighted by atomic mass is 10.1. The zero-order valence-electron chi connectivity index (χ0n) is 11.1. The number of aromatic nitrogens is 3. The van der Waals surface area contributed by atoms with Crippen molar-refractivity contribution in [2.75, 3.05) is 0 Å². The van der Waals surface area contributed by atoms with Gasteiger partial charge in [-0.25, -0.2) is 9.48 Å². The number of nitrogens with zero attached hydrogens (tertiary/aromatic N) is 3. The second-order valence-corrected chi connectivity index (χ2v) is 4.83. The Labute approximate surface area is 115 Å². The van der Waals surface area contributed by atoms with Crippen molar-refractivity contribution in [3.8, 4) is 5.69 Å². The Hall–Kier alpha value is -2.63. The molecule has 20 heavy (non-hydrogen) atoms. The van der Waals surface area contributed by atoms with Gasteiger partial charge in [-0.15, -0.1) is 5.10 Å². The Morgan fingerprint density at radius 3 is 2.80 bits per heavy atom. The lowest BCUT2D eigenvalue weighted by Gasteiger charge is -2.30. The van der Waals surface area contributed by atoms with Gasteiger partial charge in [0.1, 0.15) is 5.76 Å². The smallest absolute Gasteiger partial charge is 0.337 e. The number of rotatable bonds is 2. The van der Waals surface area contributed by atoms with E-state index in [0.717, 1.165) is 11.3 Å². The molecule has 0 saturated heterocycles. The van der Waals surface area contributed by atoms with Gasteiger partial charge < -0.3 is 9.47 Å². The van der Waals surface area contributed by atoms with Gasteiger partial charge in [0.25, 0.3) is 0 Å². The monoisotopic (exact) mass is 271 g/mol. The van der Waals surface area contributed by atoms with Gasteiger partial charge in [-0.1, -0.05) is 17.3 Å². The number of esters is 1. The van der Waals surface area contributed by atoms with E-state index < -0.39 is 11.8 Å². The SMILES string of the molecule is CC1(C)OC(=O)C=C(c2cccc(-n3ccnn3)c2)O1. The third kappa shape index (κ3) is 2.40. The first-order chi connectivity index (χ1) is 9.53. The summed E-state index contributed by atoms with van der Waals surface area (Å²) < 4.78 is 12.4. The van der Waals surface area contributed by atoms with Crippen LogP contribution in [0.3, 0.4) is 0 Å². The second-order valence-electron chi connectivity index (χ2n) is 4.83. The third-order valence-corrected chi connectivity index (χ3v) is 2.77. The maximum atomic E-state index is 11.6. The number of carbonyl (C=O) groups is 1. The summed E-state index contributed by atoms with van der Waals surface area (Å²) in [5, 5.41) is 7.70. The van der Waals surface area contributed by atoms with E-state index in [4.69, 9.17) is 9.47 Å². The summed E-state index contributed by atoms with van der Waals surface area (Å²) in [4.78, 5) is 11.6. The summed E-state index contributed by atoms with van der Waals surface area (Å²) in [5.41, 5.74) is 1.61. The number of carbonyl (C=O) groups excluding carboxylic acids is 1. The molecule has 0 atom stereocenters. The molecular weight excluding hydrogens is 258 g/mol. The van der Waals surface area contributed by atoms with Crippen molar-refractivity contribution in [2.24, 2.45) is 0 Å². The van der Waals surface area contributed by atoms with Gasteiger partial charge >= 0.3 is 5.97 Å². The van der Waals surface area contributed by atoms with Crippen molar-refractivity contribution in [3.63, 3.8) is 0 Å². The summed E-state index contributed by atoms with van der Waals surface area (Å²) in [7, 11) is 0. The normalized spacial score (nSPS) is 17.1. The van der Waals surface area contributed by atoms with Crippen LogP contribution in [-0.4, -0.2) is 26.8 Å².